The van der Waals surface area contributed by atoms with Crippen LogP contribution in [0.2, 0.25) is 0 Å². The molecule has 454 valence electrons. The Hall–Kier alpha value is -1.86. The smallest absolute Gasteiger partial charge is 0.396 e. The van der Waals surface area contributed by atoms with Gasteiger partial charge in [-0.15, -0.1) is 0 Å². The molecule has 23 nitrogen and oxygen atoms in total. The Bertz CT molecular complexity index is 1900. The van der Waals surface area contributed by atoms with Crippen LogP contribution in [-0.4, -0.2) is 204 Å². The molecule has 0 aromatic carbocycles. The standard InChI is InChI=1S/C53H96N2O21P2/c1-35(2)75-77(67,68)26-23-39-29-44(31-55(39)48(62)22-12-8-6-10-17-41(58)19-13-15-24-71-45-27-38(32-56)51(65)49(63)36(45)3)76-78(69,70)73-34-40-28-43(60)30-54(40)47(61)21-11-7-5-9-18-42(59)20-14-16-25-72-53-37(4)50(64)52(66)46(33-57)74-53/h35-40,43-46,49-53,56-57,60,63-66H,5-34H2,1-4H3,(H,67,68)(H,69,70)/t36?,37?,38?,39-,40+,43-,44-,45?,46?,49?,50?,51?,52?,53?/m1/s1. The molecule has 2 amide bonds. The monoisotopic (exact) mass is 1160 g/mol. The van der Waals surface area contributed by atoms with Gasteiger partial charge in [-0.2, -0.15) is 0 Å². The number of aliphatic hydroxyl groups is 7. The molecule has 12 unspecified atom stereocenters. The van der Waals surface area contributed by atoms with Crippen molar-refractivity contribution in [2.24, 2.45) is 17.8 Å². The van der Waals surface area contributed by atoms with Crippen molar-refractivity contribution >= 4 is 38.8 Å². The van der Waals surface area contributed by atoms with Gasteiger partial charge in [0.1, 0.15) is 23.8 Å². The molecule has 3 heterocycles. The molecule has 4 fully saturated rings. The van der Waals surface area contributed by atoms with Crippen LogP contribution in [0.1, 0.15) is 169 Å². The number of phosphoric ester groups is 1. The highest BCUT2D eigenvalue weighted by molar-refractivity contribution is 7.52. The van der Waals surface area contributed by atoms with Gasteiger partial charge in [0.05, 0.1) is 68.1 Å². The average Bonchev–Trinajstić information content (AvgIpc) is 3.98. The summed E-state index contributed by atoms with van der Waals surface area (Å²) < 4.78 is 59.6. The number of ketones is 2. The number of ether oxygens (including phenoxy) is 3. The van der Waals surface area contributed by atoms with Gasteiger partial charge in [-0.05, 0) is 90.9 Å². The molecule has 0 radical (unpaired) electrons. The van der Waals surface area contributed by atoms with E-state index in [9.17, 15) is 73.8 Å². The molecule has 9 N–H and O–H groups in total. The Balaban J connectivity index is 1.12. The maximum atomic E-state index is 13.6. The first kappa shape index (κ1) is 68.6. The van der Waals surface area contributed by atoms with Crippen LogP contribution < -0.4 is 0 Å². The Kier molecular flexibility index (Phi) is 30.5. The maximum absolute atomic E-state index is 13.6. The summed E-state index contributed by atoms with van der Waals surface area (Å²) in [5, 5.41) is 70.0. The Morgan fingerprint density at radius 2 is 1.14 bits per heavy atom. The highest BCUT2D eigenvalue weighted by atomic mass is 31.2. The van der Waals surface area contributed by atoms with Crippen molar-refractivity contribution in [3.8, 4) is 0 Å². The first-order chi connectivity index (χ1) is 36.9. The van der Waals surface area contributed by atoms with Crippen molar-refractivity contribution in [3.05, 3.63) is 0 Å². The maximum Gasteiger partial charge on any atom is 0.472 e. The number of unbranched alkanes of at least 4 members (excludes halogenated alkanes) is 8. The summed E-state index contributed by atoms with van der Waals surface area (Å²) in [4.78, 5) is 76.2. The fourth-order valence-corrected chi connectivity index (χ4v) is 13.3. The molecule has 1 aliphatic carbocycles. The van der Waals surface area contributed by atoms with Crippen LogP contribution in [0.5, 0.6) is 0 Å². The molecule has 25 heteroatoms. The van der Waals surface area contributed by atoms with Crippen molar-refractivity contribution < 1.29 is 102 Å². The highest BCUT2D eigenvalue weighted by Gasteiger charge is 2.45. The lowest BCUT2D eigenvalue weighted by Crippen LogP contribution is -2.55. The zero-order chi connectivity index (χ0) is 57.6. The highest BCUT2D eigenvalue weighted by Crippen LogP contribution is 2.49. The Morgan fingerprint density at radius 1 is 0.615 bits per heavy atom. The van der Waals surface area contributed by atoms with E-state index in [4.69, 9.17) is 27.8 Å². The van der Waals surface area contributed by atoms with Crippen molar-refractivity contribution in [1.29, 1.82) is 0 Å². The number of likely N-dealkylation sites (tertiary alicyclic amines) is 2. The summed E-state index contributed by atoms with van der Waals surface area (Å²) in [7, 11) is -8.78. The first-order valence-electron chi connectivity index (χ1n) is 28.7. The molecule has 0 aromatic heterocycles. The number of amides is 2. The number of hydrogen-bond acceptors (Lipinski definition) is 19. The Labute approximate surface area is 461 Å². The minimum Gasteiger partial charge on any atom is -0.396 e. The molecule has 3 saturated heterocycles. The number of Topliss-reactive ketones (excluding diaryl/α,β-unsaturated/α-hetero) is 2. The van der Waals surface area contributed by atoms with Crippen molar-refractivity contribution in [2.45, 2.75) is 242 Å². The van der Waals surface area contributed by atoms with Gasteiger partial charge in [0.2, 0.25) is 11.8 Å². The number of hydrogen-bond donors (Lipinski definition) is 9. The number of aliphatic hydroxyl groups excluding tert-OH is 7. The SMILES string of the molecule is CC(C)OP(=O)(O)CC[C@@H]1C[C@@H](OP(=O)(O)OC[C@@H]2C[C@@H](O)CN2C(=O)CCCCCCC(=O)CCCCOC2OC(CO)C(O)C(O)C2C)CN1C(=O)CCCCCCC(=O)CCCCOC1CC(CO)C(O)C(O)C1C. The van der Waals surface area contributed by atoms with Crippen LogP contribution in [0.4, 0.5) is 0 Å². The fraction of sp³-hybridized carbons (Fsp3) is 0.925. The van der Waals surface area contributed by atoms with Gasteiger partial charge in [0, 0.05) is 95.2 Å². The van der Waals surface area contributed by atoms with Gasteiger partial charge in [0.15, 0.2) is 6.29 Å². The van der Waals surface area contributed by atoms with E-state index in [-0.39, 0.29) is 100.0 Å². The molecule has 1 saturated carbocycles. The molecule has 4 rings (SSSR count). The molecular weight excluding hydrogens is 1060 g/mol. The van der Waals surface area contributed by atoms with Crippen LogP contribution in [-0.2, 0) is 56.1 Å². The van der Waals surface area contributed by atoms with Crippen molar-refractivity contribution in [1.82, 2.24) is 9.80 Å². The number of carbonyl (C=O) groups excluding carboxylic acids is 4. The molecule has 0 spiro atoms. The lowest BCUT2D eigenvalue weighted by molar-refractivity contribution is -0.282. The summed E-state index contributed by atoms with van der Waals surface area (Å²) in [5.74, 6) is -1.45. The van der Waals surface area contributed by atoms with Crippen LogP contribution in [0, 0.1) is 17.8 Å². The molecule has 0 aromatic rings. The van der Waals surface area contributed by atoms with E-state index in [0.29, 0.717) is 110 Å². The number of rotatable bonds is 38. The van der Waals surface area contributed by atoms with Crippen molar-refractivity contribution in [3.63, 3.8) is 0 Å². The van der Waals surface area contributed by atoms with E-state index in [1.807, 2.05) is 6.92 Å². The topological polar surface area (TPSA) is 346 Å². The minimum absolute atomic E-state index is 0.0334. The van der Waals surface area contributed by atoms with Crippen molar-refractivity contribution in [2.75, 3.05) is 52.3 Å². The second-order valence-corrected chi connectivity index (χ2v) is 25.8. The second kappa shape index (κ2) is 34.7. The van der Waals surface area contributed by atoms with E-state index < -0.39 is 101 Å². The number of phosphoric acid groups is 1. The van der Waals surface area contributed by atoms with Gasteiger partial charge in [-0.25, -0.2) is 4.57 Å². The van der Waals surface area contributed by atoms with Gasteiger partial charge in [-0.1, -0.05) is 39.5 Å². The largest absolute Gasteiger partial charge is 0.472 e. The zero-order valence-corrected chi connectivity index (χ0v) is 48.4. The Morgan fingerprint density at radius 3 is 1.69 bits per heavy atom. The predicted octanol–water partition coefficient (Wildman–Crippen LogP) is 4.06. The van der Waals surface area contributed by atoms with Gasteiger partial charge >= 0.3 is 15.4 Å². The van der Waals surface area contributed by atoms with Gasteiger partial charge in [-0.3, -0.25) is 32.8 Å². The van der Waals surface area contributed by atoms with Crippen LogP contribution >= 0.6 is 15.4 Å². The molecule has 3 aliphatic heterocycles. The van der Waals surface area contributed by atoms with Gasteiger partial charge < -0.3 is 74.1 Å². The first-order valence-corrected chi connectivity index (χ1v) is 32.0. The fourth-order valence-electron chi connectivity index (χ4n) is 11.0. The zero-order valence-electron chi connectivity index (χ0n) is 46.6. The number of carbonyl (C=O) groups is 4. The predicted molar refractivity (Wildman–Crippen MR) is 285 cm³/mol. The molecular formula is C53H96N2O21P2. The second-order valence-electron chi connectivity index (χ2n) is 22.5. The van der Waals surface area contributed by atoms with E-state index in [1.165, 1.54) is 9.80 Å². The summed E-state index contributed by atoms with van der Waals surface area (Å²) in [6.07, 6.45) is 1.58. The third-order valence-corrected chi connectivity index (χ3v) is 18.3. The van der Waals surface area contributed by atoms with E-state index in [2.05, 4.69) is 0 Å². The number of nitrogens with zero attached hydrogens (tertiary/aromatic N) is 2. The van der Waals surface area contributed by atoms with Gasteiger partial charge in [0.25, 0.3) is 0 Å². The summed E-state index contributed by atoms with van der Waals surface area (Å²) in [6, 6.07) is -1.29. The quantitative estimate of drug-likeness (QED) is 0.0311. The minimum atomic E-state index is -4.77. The van der Waals surface area contributed by atoms with E-state index >= 15 is 0 Å². The number of β-amino-alcohol motifs (C(OH)–C–C–N with tert-alkyl or cyclic N) is 1. The normalized spacial score (nSPS) is 31.2. The molecule has 0 bridgehead atoms. The third kappa shape index (κ3) is 23.4. The van der Waals surface area contributed by atoms with Crippen LogP contribution in [0.15, 0.2) is 0 Å². The summed E-state index contributed by atoms with van der Waals surface area (Å²) in [5.41, 5.74) is 0. The average molecular weight is 1160 g/mol. The van der Waals surface area contributed by atoms with E-state index in [0.717, 1.165) is 12.8 Å². The van der Waals surface area contributed by atoms with Crippen LogP contribution in [0.3, 0.4) is 0 Å². The van der Waals surface area contributed by atoms with E-state index in [1.54, 1.807) is 20.8 Å². The van der Waals surface area contributed by atoms with Crippen LogP contribution in [0.25, 0.3) is 0 Å². The summed E-state index contributed by atoms with van der Waals surface area (Å²) in [6.45, 7) is 6.36. The third-order valence-electron chi connectivity index (χ3n) is 15.7. The lowest BCUT2D eigenvalue weighted by Gasteiger charge is -2.40. The molecule has 16 atom stereocenters. The lowest BCUT2D eigenvalue weighted by atomic mass is 9.77. The summed E-state index contributed by atoms with van der Waals surface area (Å²) >= 11 is 0. The molecule has 4 aliphatic rings. The molecule has 78 heavy (non-hydrogen) atoms.